The highest BCUT2D eigenvalue weighted by Gasteiger charge is 2.46. The smallest absolute Gasteiger partial charge is 0.272 e. The molecule has 2 aliphatic heterocycles. The van der Waals surface area contributed by atoms with Gasteiger partial charge in [-0.15, -0.1) is 0 Å². The summed E-state index contributed by atoms with van der Waals surface area (Å²) in [7, 11) is 0. The molecule has 0 aliphatic carbocycles. The lowest BCUT2D eigenvalue weighted by molar-refractivity contribution is -0.137. The van der Waals surface area contributed by atoms with Gasteiger partial charge in [-0.1, -0.05) is 35.5 Å². The maximum absolute atomic E-state index is 12.8. The van der Waals surface area contributed by atoms with Crippen molar-refractivity contribution in [1.82, 2.24) is 0 Å². The van der Waals surface area contributed by atoms with Gasteiger partial charge in [0.25, 0.3) is 11.8 Å². The fourth-order valence-corrected chi connectivity index (χ4v) is 4.11. The summed E-state index contributed by atoms with van der Waals surface area (Å²) < 4.78 is 38.2. The Hall–Kier alpha value is -2.58. The van der Waals surface area contributed by atoms with Gasteiger partial charge in [0.05, 0.1) is 16.8 Å². The summed E-state index contributed by atoms with van der Waals surface area (Å²) in [4.78, 5) is 30.6. The van der Waals surface area contributed by atoms with E-state index in [-0.39, 0.29) is 11.3 Å². The number of nitrogens with zero attached hydrogens (tertiary/aromatic N) is 2. The number of carbonyl (C=O) groups is 2. The van der Waals surface area contributed by atoms with Crippen LogP contribution >= 0.6 is 23.4 Å². The number of amides is 2. The summed E-state index contributed by atoms with van der Waals surface area (Å²) in [5.41, 5.74) is 0.187. The molecule has 2 aliphatic rings. The topological polar surface area (TPSA) is 49.7 Å². The van der Waals surface area contributed by atoms with Gasteiger partial charge in [0, 0.05) is 16.8 Å². The molecule has 4 nitrogen and oxygen atoms in total. The molecule has 0 radical (unpaired) electrons. The second-order valence-corrected chi connectivity index (χ2v) is 7.58. The van der Waals surface area contributed by atoms with E-state index in [2.05, 4.69) is 4.99 Å². The molecule has 0 aromatic heterocycles. The van der Waals surface area contributed by atoms with Crippen LogP contribution in [0.2, 0.25) is 5.02 Å². The van der Waals surface area contributed by atoms with E-state index in [1.807, 2.05) is 0 Å². The lowest BCUT2D eigenvalue weighted by atomic mass is 10.2. The molecule has 0 bridgehead atoms. The average Bonchev–Trinajstić information content (AvgIpc) is 2.92. The monoisotopic (exact) mass is 422 g/mol. The van der Waals surface area contributed by atoms with Gasteiger partial charge in [-0.05, 0) is 36.4 Å². The van der Waals surface area contributed by atoms with Crippen molar-refractivity contribution in [1.29, 1.82) is 0 Å². The van der Waals surface area contributed by atoms with Crippen molar-refractivity contribution < 1.29 is 22.8 Å². The lowest BCUT2D eigenvalue weighted by Crippen LogP contribution is -2.31. The normalized spacial score (nSPS) is 19.4. The minimum Gasteiger partial charge on any atom is -0.272 e. The third-order valence-electron chi connectivity index (χ3n) is 4.27. The Balaban J connectivity index is 1.61. The Morgan fingerprint density at radius 2 is 1.64 bits per heavy atom. The van der Waals surface area contributed by atoms with Crippen molar-refractivity contribution in [2.24, 2.45) is 4.99 Å². The van der Waals surface area contributed by atoms with Crippen molar-refractivity contribution >= 4 is 45.9 Å². The highest BCUT2D eigenvalue weighted by Crippen LogP contribution is 2.39. The standard InChI is InChI=1S/C19H10ClF3N2O2S/c20-12-5-1-10(2-6-12)16-24-9-14-15(28-16)18(27)25(17(14)26)13-7-3-11(4-8-13)19(21,22)23/h1-9,15H. The highest BCUT2D eigenvalue weighted by molar-refractivity contribution is 8.15. The van der Waals surface area contributed by atoms with Gasteiger partial charge in [0.1, 0.15) is 10.3 Å². The van der Waals surface area contributed by atoms with Crippen molar-refractivity contribution in [3.63, 3.8) is 0 Å². The highest BCUT2D eigenvalue weighted by atomic mass is 35.5. The first kappa shape index (κ1) is 18.8. The second kappa shape index (κ2) is 6.79. The fourth-order valence-electron chi connectivity index (χ4n) is 2.88. The number of anilines is 1. The molecule has 1 fully saturated rings. The maximum Gasteiger partial charge on any atom is 0.416 e. The summed E-state index contributed by atoms with van der Waals surface area (Å²) in [5, 5.41) is 0.320. The predicted molar refractivity (Wildman–Crippen MR) is 101 cm³/mol. The molecule has 1 atom stereocenters. The number of aliphatic imine (C=N–C) groups is 1. The molecule has 0 N–H and O–H groups in total. The van der Waals surface area contributed by atoms with E-state index in [1.165, 1.54) is 6.20 Å². The van der Waals surface area contributed by atoms with Crippen LogP contribution in [0.5, 0.6) is 0 Å². The van der Waals surface area contributed by atoms with Crippen LogP contribution < -0.4 is 4.90 Å². The van der Waals surface area contributed by atoms with E-state index >= 15 is 0 Å². The zero-order valence-corrected chi connectivity index (χ0v) is 15.5. The Bertz CT molecular complexity index is 1030. The minimum atomic E-state index is -4.49. The van der Waals surface area contributed by atoms with Gasteiger partial charge in [0.15, 0.2) is 0 Å². The number of hydrogen-bond acceptors (Lipinski definition) is 4. The fraction of sp³-hybridized carbons (Fsp3) is 0.105. The zero-order valence-electron chi connectivity index (χ0n) is 13.9. The van der Waals surface area contributed by atoms with Crippen molar-refractivity contribution in [2.45, 2.75) is 11.4 Å². The number of carbonyl (C=O) groups excluding carboxylic acids is 2. The number of hydrogen-bond donors (Lipinski definition) is 0. The number of thioether (sulfide) groups is 1. The van der Waals surface area contributed by atoms with Gasteiger partial charge in [-0.25, -0.2) is 9.89 Å². The maximum atomic E-state index is 12.8. The van der Waals surface area contributed by atoms with Gasteiger partial charge in [0.2, 0.25) is 0 Å². The molecule has 2 aromatic rings. The molecular formula is C19H10ClF3N2O2S. The Labute approximate surface area is 166 Å². The molecule has 1 saturated heterocycles. The minimum absolute atomic E-state index is 0.0898. The van der Waals surface area contributed by atoms with E-state index < -0.39 is 28.8 Å². The van der Waals surface area contributed by atoms with E-state index in [4.69, 9.17) is 11.6 Å². The van der Waals surface area contributed by atoms with Gasteiger partial charge >= 0.3 is 6.18 Å². The van der Waals surface area contributed by atoms with E-state index in [9.17, 15) is 22.8 Å². The zero-order chi connectivity index (χ0) is 20.1. The number of alkyl halides is 3. The van der Waals surface area contributed by atoms with E-state index in [0.29, 0.717) is 10.1 Å². The van der Waals surface area contributed by atoms with E-state index in [0.717, 1.165) is 46.5 Å². The van der Waals surface area contributed by atoms with Crippen LogP contribution in [0.25, 0.3) is 0 Å². The lowest BCUT2D eigenvalue weighted by Gasteiger charge is -2.16. The first-order chi connectivity index (χ1) is 13.3. The molecule has 28 heavy (non-hydrogen) atoms. The summed E-state index contributed by atoms with van der Waals surface area (Å²) in [6.07, 6.45) is -3.15. The molecule has 9 heteroatoms. The molecule has 2 amide bonds. The van der Waals surface area contributed by atoms with Crippen molar-refractivity contribution in [3.05, 3.63) is 76.5 Å². The number of fused-ring (bicyclic) bond motifs is 1. The third-order valence-corrected chi connectivity index (χ3v) is 5.78. The first-order valence-corrected chi connectivity index (χ1v) is 9.27. The Kier molecular flexibility index (Phi) is 4.55. The van der Waals surface area contributed by atoms with E-state index in [1.54, 1.807) is 24.3 Å². The van der Waals surface area contributed by atoms with Crippen LogP contribution in [-0.2, 0) is 15.8 Å². The van der Waals surface area contributed by atoms with Crippen molar-refractivity contribution in [2.75, 3.05) is 4.90 Å². The van der Waals surface area contributed by atoms with Crippen LogP contribution in [0, 0.1) is 0 Å². The van der Waals surface area contributed by atoms with Gasteiger partial charge < -0.3 is 0 Å². The summed E-state index contributed by atoms with van der Waals surface area (Å²) in [5.74, 6) is -1.09. The Morgan fingerprint density at radius 3 is 2.25 bits per heavy atom. The van der Waals surface area contributed by atoms with Gasteiger partial charge in [-0.2, -0.15) is 13.2 Å². The molecule has 0 spiro atoms. The second-order valence-electron chi connectivity index (χ2n) is 6.05. The summed E-state index contributed by atoms with van der Waals surface area (Å²) >= 11 is 7.00. The Morgan fingerprint density at radius 1 is 1.00 bits per heavy atom. The van der Waals surface area contributed by atoms with Crippen LogP contribution in [-0.4, -0.2) is 22.1 Å². The molecule has 1 unspecified atom stereocenters. The molecule has 2 heterocycles. The third kappa shape index (κ3) is 3.22. The molecule has 142 valence electrons. The summed E-state index contributed by atoms with van der Waals surface area (Å²) in [6.45, 7) is 0. The number of imide groups is 1. The molecule has 2 aromatic carbocycles. The molecule has 0 saturated carbocycles. The predicted octanol–water partition coefficient (Wildman–Crippen LogP) is 4.68. The molecular weight excluding hydrogens is 413 g/mol. The van der Waals surface area contributed by atoms with Gasteiger partial charge in [-0.3, -0.25) is 9.59 Å². The number of rotatable bonds is 2. The SMILES string of the molecule is O=C1C2=CN=C(c3ccc(Cl)cc3)SC2C(=O)N1c1ccc(C(F)(F)F)cc1. The quantitative estimate of drug-likeness (QED) is 0.660. The van der Waals surface area contributed by atoms with Crippen molar-refractivity contribution in [3.8, 4) is 0 Å². The number of benzene rings is 2. The van der Waals surface area contributed by atoms with Crippen LogP contribution in [0.4, 0.5) is 18.9 Å². The molecule has 4 rings (SSSR count). The average molecular weight is 423 g/mol. The van der Waals surface area contributed by atoms with Crippen LogP contribution in [0.1, 0.15) is 11.1 Å². The first-order valence-electron chi connectivity index (χ1n) is 8.02. The van der Waals surface area contributed by atoms with Crippen LogP contribution in [0.3, 0.4) is 0 Å². The summed E-state index contributed by atoms with van der Waals surface area (Å²) in [6, 6.07) is 10.8. The van der Waals surface area contributed by atoms with Crippen LogP contribution in [0.15, 0.2) is 65.3 Å². The number of halogens is 4. The largest absolute Gasteiger partial charge is 0.416 e.